The number of nitrogens with zero attached hydrogens (tertiary/aromatic N) is 5. The van der Waals surface area contributed by atoms with E-state index in [9.17, 15) is 0 Å². The van der Waals surface area contributed by atoms with Gasteiger partial charge in [-0.05, 0) is 39.3 Å². The molecule has 0 saturated heterocycles. The Balaban J connectivity index is 2.42. The van der Waals surface area contributed by atoms with Crippen molar-refractivity contribution in [1.82, 2.24) is 20.2 Å². The Bertz CT molecular complexity index is 559. The van der Waals surface area contributed by atoms with Gasteiger partial charge < -0.3 is 4.74 Å². The zero-order valence-electron chi connectivity index (χ0n) is 8.25. The normalized spacial score (nSPS) is 9.81. The second kappa shape index (κ2) is 4.28. The molecule has 0 bridgehead atoms. The van der Waals surface area contributed by atoms with Crippen LogP contribution in [-0.2, 0) is 0 Å². The van der Waals surface area contributed by atoms with Crippen molar-refractivity contribution >= 4 is 15.9 Å². The van der Waals surface area contributed by atoms with E-state index in [4.69, 9.17) is 10.00 Å². The number of hydrogen-bond donors (Lipinski definition) is 0. The van der Waals surface area contributed by atoms with Crippen molar-refractivity contribution in [3.05, 3.63) is 28.5 Å². The molecular weight excluding hydrogens is 274 g/mol. The summed E-state index contributed by atoms with van der Waals surface area (Å²) in [6.45, 7) is 0. The highest BCUT2D eigenvalue weighted by Crippen LogP contribution is 2.26. The third-order valence-electron chi connectivity index (χ3n) is 1.88. The largest absolute Gasteiger partial charge is 0.496 e. The Morgan fingerprint density at radius 2 is 2.31 bits per heavy atom. The topological polar surface area (TPSA) is 76.6 Å². The lowest BCUT2D eigenvalue weighted by molar-refractivity contribution is 0.412. The van der Waals surface area contributed by atoms with Gasteiger partial charge in [-0.1, -0.05) is 5.10 Å². The molecule has 2 rings (SSSR count). The van der Waals surface area contributed by atoms with E-state index in [2.05, 4.69) is 31.3 Å². The van der Waals surface area contributed by atoms with Crippen LogP contribution in [0.3, 0.4) is 0 Å². The number of aromatic nitrogens is 4. The third-order valence-corrected chi connectivity index (χ3v) is 2.50. The fourth-order valence-corrected chi connectivity index (χ4v) is 1.68. The maximum atomic E-state index is 8.58. The first kappa shape index (κ1) is 10.6. The molecule has 6 nitrogen and oxygen atoms in total. The Labute approximate surface area is 99.6 Å². The number of tetrazole rings is 1. The molecular formula is C9H6BrN5O. The van der Waals surface area contributed by atoms with Crippen LogP contribution in [0.4, 0.5) is 0 Å². The Morgan fingerprint density at radius 1 is 1.50 bits per heavy atom. The average Bonchev–Trinajstić information content (AvgIpc) is 2.77. The van der Waals surface area contributed by atoms with Gasteiger partial charge in [0.25, 0.3) is 5.82 Å². The van der Waals surface area contributed by atoms with Gasteiger partial charge in [-0.25, -0.2) is 0 Å². The zero-order chi connectivity index (χ0) is 11.5. The number of nitriles is 1. The van der Waals surface area contributed by atoms with E-state index in [0.29, 0.717) is 11.4 Å². The van der Waals surface area contributed by atoms with Crippen molar-refractivity contribution in [1.29, 1.82) is 5.26 Å². The first-order valence-electron chi connectivity index (χ1n) is 4.28. The van der Waals surface area contributed by atoms with Crippen LogP contribution in [-0.4, -0.2) is 27.3 Å². The first-order valence-corrected chi connectivity index (χ1v) is 5.08. The summed E-state index contributed by atoms with van der Waals surface area (Å²) in [5, 5.41) is 19.7. The molecule has 0 atom stereocenters. The lowest BCUT2D eigenvalue weighted by Gasteiger charge is -2.04. The number of rotatable bonds is 2. The molecule has 0 unspecified atom stereocenters. The van der Waals surface area contributed by atoms with E-state index >= 15 is 0 Å². The van der Waals surface area contributed by atoms with Crippen LogP contribution >= 0.6 is 15.9 Å². The summed E-state index contributed by atoms with van der Waals surface area (Å²) in [5.74, 6) is 0.747. The lowest BCUT2D eigenvalue weighted by Crippen LogP contribution is -1.99. The predicted octanol–water partition coefficient (Wildman–Crippen LogP) is 1.31. The van der Waals surface area contributed by atoms with Crippen LogP contribution in [0.2, 0.25) is 0 Å². The van der Waals surface area contributed by atoms with Crippen LogP contribution in [0.1, 0.15) is 5.82 Å². The van der Waals surface area contributed by atoms with Gasteiger partial charge in [0, 0.05) is 0 Å². The van der Waals surface area contributed by atoms with Crippen molar-refractivity contribution in [2.45, 2.75) is 0 Å². The van der Waals surface area contributed by atoms with Crippen LogP contribution in [0.5, 0.6) is 5.75 Å². The van der Waals surface area contributed by atoms with Crippen LogP contribution in [0.15, 0.2) is 22.7 Å². The molecule has 0 radical (unpaired) electrons. The molecule has 16 heavy (non-hydrogen) atoms. The molecule has 0 aliphatic heterocycles. The molecule has 0 spiro atoms. The lowest BCUT2D eigenvalue weighted by atomic mass is 10.3. The van der Waals surface area contributed by atoms with E-state index < -0.39 is 0 Å². The summed E-state index contributed by atoms with van der Waals surface area (Å²) in [6, 6.07) is 7.13. The average molecular weight is 280 g/mol. The highest BCUT2D eigenvalue weighted by atomic mass is 79.9. The summed E-state index contributed by atoms with van der Waals surface area (Å²) in [6.07, 6.45) is 0. The molecule has 0 saturated carbocycles. The summed E-state index contributed by atoms with van der Waals surface area (Å²) in [5.41, 5.74) is 0.696. The number of methoxy groups -OCH3 is 1. The van der Waals surface area contributed by atoms with Gasteiger partial charge >= 0.3 is 0 Å². The fourth-order valence-electron chi connectivity index (χ4n) is 1.15. The number of halogens is 1. The Kier molecular flexibility index (Phi) is 2.83. The minimum atomic E-state index is 0.0342. The zero-order valence-corrected chi connectivity index (χ0v) is 9.84. The van der Waals surface area contributed by atoms with Gasteiger partial charge in [-0.3, -0.25) is 0 Å². The number of hydrogen-bond acceptors (Lipinski definition) is 5. The van der Waals surface area contributed by atoms with Crippen molar-refractivity contribution in [3.8, 4) is 17.5 Å². The summed E-state index contributed by atoms with van der Waals surface area (Å²) in [7, 11) is 1.58. The second-order valence-electron chi connectivity index (χ2n) is 2.83. The SMILES string of the molecule is COc1ccc(-n2nnc(C#N)n2)cc1Br. The van der Waals surface area contributed by atoms with Crippen molar-refractivity contribution in [3.63, 3.8) is 0 Å². The third kappa shape index (κ3) is 1.87. The quantitative estimate of drug-likeness (QED) is 0.828. The maximum absolute atomic E-state index is 8.58. The summed E-state index contributed by atoms with van der Waals surface area (Å²) < 4.78 is 5.88. The molecule has 0 fully saturated rings. The van der Waals surface area contributed by atoms with Gasteiger partial charge in [-0.2, -0.15) is 5.26 Å². The van der Waals surface area contributed by atoms with Crippen LogP contribution < -0.4 is 4.74 Å². The van der Waals surface area contributed by atoms with E-state index in [1.807, 2.05) is 6.07 Å². The molecule has 1 aromatic heterocycles. The minimum absolute atomic E-state index is 0.0342. The molecule has 1 aromatic carbocycles. The molecule has 2 aromatic rings. The highest BCUT2D eigenvalue weighted by molar-refractivity contribution is 9.10. The van der Waals surface area contributed by atoms with E-state index in [1.54, 1.807) is 25.3 Å². The van der Waals surface area contributed by atoms with Crippen molar-refractivity contribution in [2.75, 3.05) is 7.11 Å². The standard InChI is InChI=1S/C9H6BrN5O/c1-16-8-3-2-6(4-7(8)10)15-13-9(5-11)12-14-15/h2-4H,1H3. The van der Waals surface area contributed by atoms with Crippen molar-refractivity contribution in [2.24, 2.45) is 0 Å². The molecule has 0 amide bonds. The predicted molar refractivity (Wildman–Crippen MR) is 58.1 cm³/mol. The molecule has 80 valence electrons. The molecule has 7 heteroatoms. The number of ether oxygens (including phenoxy) is 1. The second-order valence-corrected chi connectivity index (χ2v) is 3.69. The van der Waals surface area contributed by atoms with Gasteiger partial charge in [0.05, 0.1) is 17.3 Å². The first-order chi connectivity index (χ1) is 7.74. The molecule has 0 N–H and O–H groups in total. The van der Waals surface area contributed by atoms with Gasteiger partial charge in [-0.15, -0.1) is 9.90 Å². The van der Waals surface area contributed by atoms with E-state index in [-0.39, 0.29) is 5.82 Å². The summed E-state index contributed by atoms with van der Waals surface area (Å²) >= 11 is 3.35. The van der Waals surface area contributed by atoms with Gasteiger partial charge in [0.2, 0.25) is 0 Å². The summed E-state index contributed by atoms with van der Waals surface area (Å²) in [4.78, 5) is 1.28. The number of benzene rings is 1. The smallest absolute Gasteiger partial charge is 0.274 e. The Morgan fingerprint density at radius 3 is 2.88 bits per heavy atom. The van der Waals surface area contributed by atoms with Crippen LogP contribution in [0.25, 0.3) is 5.69 Å². The van der Waals surface area contributed by atoms with Gasteiger partial charge in [0.1, 0.15) is 11.8 Å². The minimum Gasteiger partial charge on any atom is -0.496 e. The Hall–Kier alpha value is -1.94. The fraction of sp³-hybridized carbons (Fsp3) is 0.111. The molecule has 0 aliphatic rings. The monoisotopic (exact) mass is 279 g/mol. The maximum Gasteiger partial charge on any atom is 0.274 e. The molecule has 0 aliphatic carbocycles. The van der Waals surface area contributed by atoms with Crippen LogP contribution in [0, 0.1) is 11.3 Å². The van der Waals surface area contributed by atoms with Crippen molar-refractivity contribution < 1.29 is 4.74 Å². The van der Waals surface area contributed by atoms with E-state index in [0.717, 1.165) is 4.47 Å². The van der Waals surface area contributed by atoms with Gasteiger partial charge in [0.15, 0.2) is 0 Å². The van der Waals surface area contributed by atoms with E-state index in [1.165, 1.54) is 4.80 Å². The molecule has 1 heterocycles. The highest BCUT2D eigenvalue weighted by Gasteiger charge is 2.06.